The average molecular weight is 243 g/mol. The molecule has 3 rings (SSSR count). The fourth-order valence-corrected chi connectivity index (χ4v) is 2.49. The van der Waals surface area contributed by atoms with Crippen LogP contribution < -0.4 is 5.32 Å². The van der Waals surface area contributed by atoms with Crippen LogP contribution in [-0.2, 0) is 0 Å². The summed E-state index contributed by atoms with van der Waals surface area (Å²) in [5.41, 5.74) is 1.84. The number of rotatable bonds is 1. The van der Waals surface area contributed by atoms with Crippen molar-refractivity contribution in [2.75, 3.05) is 19.6 Å². The molecule has 0 radical (unpaired) electrons. The largest absolute Gasteiger partial charge is 0.361 e. The number of aromatic amines is 1. The van der Waals surface area contributed by atoms with Gasteiger partial charge in [-0.2, -0.15) is 0 Å². The second-order valence-electron chi connectivity index (χ2n) is 4.83. The lowest BCUT2D eigenvalue weighted by Crippen LogP contribution is -2.52. The number of nitrogens with zero attached hydrogens (tertiary/aromatic N) is 1. The van der Waals surface area contributed by atoms with Crippen molar-refractivity contribution < 1.29 is 4.79 Å². The maximum atomic E-state index is 12.5. The van der Waals surface area contributed by atoms with Gasteiger partial charge in [0.05, 0.1) is 0 Å². The van der Waals surface area contributed by atoms with Crippen molar-refractivity contribution in [3.8, 4) is 0 Å². The van der Waals surface area contributed by atoms with Gasteiger partial charge in [-0.3, -0.25) is 4.79 Å². The normalized spacial score (nSPS) is 20.3. The molecule has 1 fully saturated rings. The van der Waals surface area contributed by atoms with Crippen LogP contribution in [0.15, 0.2) is 30.5 Å². The van der Waals surface area contributed by atoms with E-state index in [1.165, 1.54) is 0 Å². The lowest BCUT2D eigenvalue weighted by molar-refractivity contribution is 0.0656. The van der Waals surface area contributed by atoms with E-state index in [9.17, 15) is 4.79 Å². The first-order chi connectivity index (χ1) is 8.75. The van der Waals surface area contributed by atoms with Crippen LogP contribution in [0.1, 0.15) is 17.3 Å². The highest BCUT2D eigenvalue weighted by molar-refractivity contribution is 5.98. The molecular weight excluding hydrogens is 226 g/mol. The maximum absolute atomic E-state index is 12.5. The Bertz CT molecular complexity index is 575. The summed E-state index contributed by atoms with van der Waals surface area (Å²) in [5.74, 6) is 0.132. The van der Waals surface area contributed by atoms with Crippen LogP contribution >= 0.6 is 0 Å². The van der Waals surface area contributed by atoms with E-state index in [4.69, 9.17) is 0 Å². The summed E-state index contributed by atoms with van der Waals surface area (Å²) in [7, 11) is 0. The van der Waals surface area contributed by atoms with Gasteiger partial charge in [0, 0.05) is 48.3 Å². The van der Waals surface area contributed by atoms with Crippen LogP contribution in [0.3, 0.4) is 0 Å². The van der Waals surface area contributed by atoms with Gasteiger partial charge in [-0.15, -0.1) is 0 Å². The highest BCUT2D eigenvalue weighted by atomic mass is 16.2. The minimum absolute atomic E-state index is 0.132. The Morgan fingerprint density at radius 3 is 3.11 bits per heavy atom. The molecule has 1 aromatic carbocycles. The standard InChI is InChI=1S/C14H17N3O/c1-10-9-15-6-7-17(10)14(18)12-2-3-13-11(8-12)4-5-16-13/h2-5,8,10,15-16H,6-7,9H2,1H3. The zero-order valence-electron chi connectivity index (χ0n) is 10.4. The van der Waals surface area contributed by atoms with Gasteiger partial charge in [-0.1, -0.05) is 0 Å². The molecule has 1 aliphatic heterocycles. The zero-order valence-corrected chi connectivity index (χ0v) is 10.4. The van der Waals surface area contributed by atoms with Gasteiger partial charge in [0.15, 0.2) is 0 Å². The first-order valence-corrected chi connectivity index (χ1v) is 6.34. The molecule has 0 bridgehead atoms. The monoisotopic (exact) mass is 243 g/mol. The summed E-state index contributed by atoms with van der Waals surface area (Å²) in [4.78, 5) is 17.6. The highest BCUT2D eigenvalue weighted by Gasteiger charge is 2.23. The number of H-pyrrole nitrogens is 1. The predicted molar refractivity (Wildman–Crippen MR) is 71.7 cm³/mol. The van der Waals surface area contributed by atoms with E-state index in [2.05, 4.69) is 17.2 Å². The number of hydrogen-bond acceptors (Lipinski definition) is 2. The predicted octanol–water partition coefficient (Wildman–Crippen LogP) is 1.60. The lowest BCUT2D eigenvalue weighted by Gasteiger charge is -2.34. The van der Waals surface area contributed by atoms with Crippen molar-refractivity contribution in [3.05, 3.63) is 36.0 Å². The molecule has 1 saturated heterocycles. The third-order valence-electron chi connectivity index (χ3n) is 3.56. The number of aromatic nitrogens is 1. The molecule has 2 heterocycles. The van der Waals surface area contributed by atoms with Gasteiger partial charge in [0.25, 0.3) is 5.91 Å². The molecule has 1 aromatic heterocycles. The quantitative estimate of drug-likeness (QED) is 0.799. The van der Waals surface area contributed by atoms with Crippen molar-refractivity contribution in [1.82, 2.24) is 15.2 Å². The first kappa shape index (κ1) is 11.3. The Morgan fingerprint density at radius 1 is 1.39 bits per heavy atom. The molecule has 0 aliphatic carbocycles. The van der Waals surface area contributed by atoms with Crippen LogP contribution in [0.2, 0.25) is 0 Å². The average Bonchev–Trinajstić information content (AvgIpc) is 2.85. The van der Waals surface area contributed by atoms with E-state index in [1.807, 2.05) is 35.4 Å². The number of fused-ring (bicyclic) bond motifs is 1. The lowest BCUT2D eigenvalue weighted by atomic mass is 10.1. The molecule has 1 unspecified atom stereocenters. The van der Waals surface area contributed by atoms with Gasteiger partial charge < -0.3 is 15.2 Å². The molecule has 2 N–H and O–H groups in total. The summed E-state index contributed by atoms with van der Waals surface area (Å²) < 4.78 is 0. The first-order valence-electron chi connectivity index (χ1n) is 6.34. The second-order valence-corrected chi connectivity index (χ2v) is 4.83. The molecule has 1 amide bonds. The van der Waals surface area contributed by atoms with Gasteiger partial charge in [0.2, 0.25) is 0 Å². The highest BCUT2D eigenvalue weighted by Crippen LogP contribution is 2.17. The topological polar surface area (TPSA) is 48.1 Å². The van der Waals surface area contributed by atoms with Gasteiger partial charge in [-0.05, 0) is 31.2 Å². The van der Waals surface area contributed by atoms with E-state index in [0.29, 0.717) is 0 Å². The Morgan fingerprint density at radius 2 is 2.28 bits per heavy atom. The third-order valence-corrected chi connectivity index (χ3v) is 3.56. The Kier molecular flexibility index (Phi) is 2.80. The number of carbonyl (C=O) groups excluding carboxylic acids is 1. The van der Waals surface area contributed by atoms with Crippen LogP contribution in [0.4, 0.5) is 0 Å². The van der Waals surface area contributed by atoms with E-state index in [0.717, 1.165) is 36.1 Å². The summed E-state index contributed by atoms with van der Waals surface area (Å²) in [6, 6.07) is 8.08. The van der Waals surface area contributed by atoms with Crippen molar-refractivity contribution >= 4 is 16.8 Å². The van der Waals surface area contributed by atoms with Gasteiger partial charge >= 0.3 is 0 Å². The number of piperazine rings is 1. The van der Waals surface area contributed by atoms with Crippen LogP contribution in [0.5, 0.6) is 0 Å². The smallest absolute Gasteiger partial charge is 0.254 e. The Balaban J connectivity index is 1.90. The minimum Gasteiger partial charge on any atom is -0.361 e. The number of carbonyl (C=O) groups is 1. The summed E-state index contributed by atoms with van der Waals surface area (Å²) in [6.45, 7) is 4.62. The summed E-state index contributed by atoms with van der Waals surface area (Å²) >= 11 is 0. The van der Waals surface area contributed by atoms with Crippen LogP contribution in [0.25, 0.3) is 10.9 Å². The maximum Gasteiger partial charge on any atom is 0.254 e. The van der Waals surface area contributed by atoms with E-state index >= 15 is 0 Å². The molecule has 0 saturated carbocycles. The molecule has 94 valence electrons. The van der Waals surface area contributed by atoms with Crippen molar-refractivity contribution in [2.24, 2.45) is 0 Å². The minimum atomic E-state index is 0.132. The number of nitrogens with one attached hydrogen (secondary N) is 2. The second kappa shape index (κ2) is 4.46. The van der Waals surface area contributed by atoms with Crippen LogP contribution in [0, 0.1) is 0 Å². The molecule has 18 heavy (non-hydrogen) atoms. The van der Waals surface area contributed by atoms with E-state index in [1.54, 1.807) is 0 Å². The summed E-state index contributed by atoms with van der Waals surface area (Å²) in [5, 5.41) is 4.38. The van der Waals surface area contributed by atoms with E-state index < -0.39 is 0 Å². The number of benzene rings is 1. The molecule has 4 nitrogen and oxygen atoms in total. The fourth-order valence-electron chi connectivity index (χ4n) is 2.49. The molecule has 1 aliphatic rings. The fraction of sp³-hybridized carbons (Fsp3) is 0.357. The van der Waals surface area contributed by atoms with Crippen molar-refractivity contribution in [1.29, 1.82) is 0 Å². The molecular formula is C14H17N3O. The summed E-state index contributed by atoms with van der Waals surface area (Å²) in [6.07, 6.45) is 1.90. The molecule has 2 aromatic rings. The number of amides is 1. The van der Waals surface area contributed by atoms with Crippen LogP contribution in [-0.4, -0.2) is 41.5 Å². The third kappa shape index (κ3) is 1.88. The number of hydrogen-bond donors (Lipinski definition) is 2. The molecule has 1 atom stereocenters. The SMILES string of the molecule is CC1CNCCN1C(=O)c1ccc2[nH]ccc2c1. The Labute approximate surface area is 106 Å². The Hall–Kier alpha value is -1.81. The van der Waals surface area contributed by atoms with Crippen molar-refractivity contribution in [2.45, 2.75) is 13.0 Å². The van der Waals surface area contributed by atoms with Gasteiger partial charge in [0.1, 0.15) is 0 Å². The van der Waals surface area contributed by atoms with E-state index in [-0.39, 0.29) is 11.9 Å². The van der Waals surface area contributed by atoms with Gasteiger partial charge in [-0.25, -0.2) is 0 Å². The zero-order chi connectivity index (χ0) is 12.5. The molecule has 0 spiro atoms. The molecule has 4 heteroatoms. The van der Waals surface area contributed by atoms with Crippen molar-refractivity contribution in [3.63, 3.8) is 0 Å².